The summed E-state index contributed by atoms with van der Waals surface area (Å²) in [6, 6.07) is 13.8. The highest BCUT2D eigenvalue weighted by Gasteiger charge is 2.20. The first kappa shape index (κ1) is 18.5. The van der Waals surface area contributed by atoms with Crippen LogP contribution in [-0.2, 0) is 14.6 Å². The van der Waals surface area contributed by atoms with Gasteiger partial charge in [0.15, 0.2) is 15.7 Å². The maximum Gasteiger partial charge on any atom is 0.377 e. The number of hydrogen-bond acceptors (Lipinski definition) is 6. The Balaban J connectivity index is 2.21. The summed E-state index contributed by atoms with van der Waals surface area (Å²) in [5, 5.41) is 4.23. The minimum atomic E-state index is -3.38. The number of halogens is 1. The number of methoxy groups -OCH3 is 1. The molecule has 134 valence electrons. The van der Waals surface area contributed by atoms with Crippen molar-refractivity contribution in [2.24, 2.45) is 0 Å². The number of carbonyl (C=O) groups excluding carboxylic acids is 1. The van der Waals surface area contributed by atoms with Crippen LogP contribution in [0.25, 0.3) is 17.1 Å². The third kappa shape index (κ3) is 3.78. The summed E-state index contributed by atoms with van der Waals surface area (Å²) in [7, 11) is -2.13. The number of benzene rings is 2. The molecule has 9 heteroatoms. The predicted molar refractivity (Wildman–Crippen MR) is 104 cm³/mol. The van der Waals surface area contributed by atoms with Gasteiger partial charge in [0.05, 0.1) is 17.7 Å². The standard InChI is InChI=1S/C17H14IN3O4S/c1-25-17(22)15-19-16(11-4-3-5-14(10-11)26(2,23)24)21(20-15)13-8-6-12(18)7-9-13/h3-10H,1-2H3. The molecule has 1 aromatic heterocycles. The molecule has 0 spiro atoms. The van der Waals surface area contributed by atoms with Crippen LogP contribution in [0.3, 0.4) is 0 Å². The first-order chi connectivity index (χ1) is 12.3. The summed E-state index contributed by atoms with van der Waals surface area (Å²) < 4.78 is 30.9. The van der Waals surface area contributed by atoms with E-state index in [4.69, 9.17) is 4.74 Å². The highest BCUT2D eigenvalue weighted by molar-refractivity contribution is 14.1. The lowest BCUT2D eigenvalue weighted by atomic mass is 10.2. The van der Waals surface area contributed by atoms with E-state index in [1.54, 1.807) is 12.1 Å². The minimum Gasteiger partial charge on any atom is -0.463 e. The van der Waals surface area contributed by atoms with E-state index in [2.05, 4.69) is 32.7 Å². The molecule has 0 saturated carbocycles. The molecule has 0 aliphatic carbocycles. The van der Waals surface area contributed by atoms with Crippen molar-refractivity contribution in [3.63, 3.8) is 0 Å². The van der Waals surface area contributed by atoms with E-state index in [0.717, 1.165) is 9.83 Å². The lowest BCUT2D eigenvalue weighted by molar-refractivity contribution is 0.0587. The summed E-state index contributed by atoms with van der Waals surface area (Å²) in [5.41, 5.74) is 1.21. The van der Waals surface area contributed by atoms with Crippen LogP contribution in [0.15, 0.2) is 53.4 Å². The van der Waals surface area contributed by atoms with Crippen molar-refractivity contribution in [3.8, 4) is 17.1 Å². The molecule has 0 unspecified atom stereocenters. The normalized spacial score (nSPS) is 11.3. The fourth-order valence-electron chi connectivity index (χ4n) is 2.30. The van der Waals surface area contributed by atoms with E-state index in [0.29, 0.717) is 17.1 Å². The molecule has 0 aliphatic heterocycles. The predicted octanol–water partition coefficient (Wildman–Crippen LogP) is 2.73. The lowest BCUT2D eigenvalue weighted by Crippen LogP contribution is -2.05. The van der Waals surface area contributed by atoms with E-state index in [-0.39, 0.29) is 10.7 Å². The molecule has 0 fully saturated rings. The Labute approximate surface area is 164 Å². The minimum absolute atomic E-state index is 0.106. The molecule has 2 aromatic carbocycles. The molecule has 3 rings (SSSR count). The molecule has 26 heavy (non-hydrogen) atoms. The Morgan fingerprint density at radius 2 is 1.85 bits per heavy atom. The van der Waals surface area contributed by atoms with Crippen molar-refractivity contribution in [1.82, 2.24) is 14.8 Å². The highest BCUT2D eigenvalue weighted by Crippen LogP contribution is 2.24. The van der Waals surface area contributed by atoms with E-state index in [9.17, 15) is 13.2 Å². The number of ether oxygens (including phenoxy) is 1. The molecule has 3 aromatic rings. The molecular weight excluding hydrogens is 469 g/mol. The third-order valence-corrected chi connectivity index (χ3v) is 5.40. The van der Waals surface area contributed by atoms with Gasteiger partial charge in [-0.05, 0) is 59.0 Å². The molecule has 7 nitrogen and oxygen atoms in total. The van der Waals surface area contributed by atoms with Crippen LogP contribution in [-0.4, -0.2) is 42.5 Å². The number of aromatic nitrogens is 3. The largest absolute Gasteiger partial charge is 0.463 e. The van der Waals surface area contributed by atoms with Gasteiger partial charge in [-0.15, -0.1) is 5.10 Å². The smallest absolute Gasteiger partial charge is 0.377 e. The average Bonchev–Trinajstić information content (AvgIpc) is 3.06. The van der Waals surface area contributed by atoms with Crippen LogP contribution >= 0.6 is 22.6 Å². The molecule has 0 bridgehead atoms. The Morgan fingerprint density at radius 1 is 1.15 bits per heavy atom. The van der Waals surface area contributed by atoms with Crippen LogP contribution in [0.4, 0.5) is 0 Å². The number of nitrogens with zero attached hydrogens (tertiary/aromatic N) is 3. The Hall–Kier alpha value is -2.27. The first-order valence-electron chi connectivity index (χ1n) is 7.41. The van der Waals surface area contributed by atoms with E-state index in [1.165, 1.54) is 23.9 Å². The summed E-state index contributed by atoms with van der Waals surface area (Å²) >= 11 is 2.18. The number of hydrogen-bond donors (Lipinski definition) is 0. The Bertz CT molecular complexity index is 1080. The maximum atomic E-state index is 11.9. The van der Waals surface area contributed by atoms with Crippen molar-refractivity contribution in [2.75, 3.05) is 13.4 Å². The van der Waals surface area contributed by atoms with Gasteiger partial charge < -0.3 is 4.74 Å². The summed E-state index contributed by atoms with van der Waals surface area (Å²) in [6.45, 7) is 0. The van der Waals surface area contributed by atoms with E-state index >= 15 is 0 Å². The number of rotatable bonds is 4. The zero-order valence-electron chi connectivity index (χ0n) is 13.9. The third-order valence-electron chi connectivity index (χ3n) is 3.57. The fourth-order valence-corrected chi connectivity index (χ4v) is 3.33. The lowest BCUT2D eigenvalue weighted by Gasteiger charge is -2.07. The van der Waals surface area contributed by atoms with Crippen LogP contribution in [0, 0.1) is 3.57 Å². The van der Waals surface area contributed by atoms with Crippen LogP contribution < -0.4 is 0 Å². The van der Waals surface area contributed by atoms with E-state index < -0.39 is 15.8 Å². The first-order valence-corrected chi connectivity index (χ1v) is 10.4. The molecule has 0 N–H and O–H groups in total. The highest BCUT2D eigenvalue weighted by atomic mass is 127. The topological polar surface area (TPSA) is 91.1 Å². The Kier molecular flexibility index (Phi) is 5.10. The molecule has 0 radical (unpaired) electrons. The average molecular weight is 483 g/mol. The van der Waals surface area contributed by atoms with Gasteiger partial charge in [0.2, 0.25) is 0 Å². The van der Waals surface area contributed by atoms with Crippen LogP contribution in [0.2, 0.25) is 0 Å². The molecule has 0 atom stereocenters. The summed E-state index contributed by atoms with van der Waals surface area (Å²) in [6.07, 6.45) is 1.13. The molecule has 0 aliphatic rings. The second-order valence-electron chi connectivity index (χ2n) is 5.44. The van der Waals surface area contributed by atoms with E-state index in [1.807, 2.05) is 24.3 Å². The van der Waals surface area contributed by atoms with Crippen molar-refractivity contribution in [3.05, 3.63) is 57.9 Å². The summed E-state index contributed by atoms with van der Waals surface area (Å²) in [4.78, 5) is 16.3. The van der Waals surface area contributed by atoms with Crippen molar-refractivity contribution in [2.45, 2.75) is 4.90 Å². The quantitative estimate of drug-likeness (QED) is 0.419. The van der Waals surface area contributed by atoms with Gasteiger partial charge in [-0.1, -0.05) is 12.1 Å². The van der Waals surface area contributed by atoms with Gasteiger partial charge in [0, 0.05) is 15.4 Å². The number of esters is 1. The van der Waals surface area contributed by atoms with Crippen molar-refractivity contribution < 1.29 is 17.9 Å². The van der Waals surface area contributed by atoms with Gasteiger partial charge in [0.1, 0.15) is 0 Å². The second kappa shape index (κ2) is 7.16. The molecule has 1 heterocycles. The van der Waals surface area contributed by atoms with Crippen molar-refractivity contribution in [1.29, 1.82) is 0 Å². The summed E-state index contributed by atoms with van der Waals surface area (Å²) in [5.74, 6) is -0.433. The fraction of sp³-hybridized carbons (Fsp3) is 0.118. The van der Waals surface area contributed by atoms with Gasteiger partial charge in [-0.25, -0.2) is 22.9 Å². The van der Waals surface area contributed by atoms with Gasteiger partial charge in [0.25, 0.3) is 5.82 Å². The SMILES string of the molecule is COC(=O)c1nc(-c2cccc(S(C)(=O)=O)c2)n(-c2ccc(I)cc2)n1. The van der Waals surface area contributed by atoms with Crippen molar-refractivity contribution >= 4 is 38.4 Å². The zero-order valence-corrected chi connectivity index (χ0v) is 16.9. The number of sulfone groups is 1. The van der Waals surface area contributed by atoms with Crippen LogP contribution in [0.1, 0.15) is 10.6 Å². The van der Waals surface area contributed by atoms with Gasteiger partial charge in [-0.3, -0.25) is 0 Å². The number of carbonyl (C=O) groups is 1. The van der Waals surface area contributed by atoms with Gasteiger partial charge >= 0.3 is 5.97 Å². The molecule has 0 saturated heterocycles. The zero-order chi connectivity index (χ0) is 18.9. The monoisotopic (exact) mass is 483 g/mol. The Morgan fingerprint density at radius 3 is 2.46 bits per heavy atom. The maximum absolute atomic E-state index is 11.9. The van der Waals surface area contributed by atoms with Gasteiger partial charge in [-0.2, -0.15) is 0 Å². The molecular formula is C17H14IN3O4S. The second-order valence-corrected chi connectivity index (χ2v) is 8.70. The molecule has 0 amide bonds. The van der Waals surface area contributed by atoms with Crippen LogP contribution in [0.5, 0.6) is 0 Å².